The maximum absolute atomic E-state index is 12.6. The Morgan fingerprint density at radius 2 is 1.91 bits per heavy atom. The van der Waals surface area contributed by atoms with Crippen molar-refractivity contribution in [3.8, 4) is 0 Å². The van der Waals surface area contributed by atoms with Crippen LogP contribution in [-0.4, -0.2) is 20.6 Å². The van der Waals surface area contributed by atoms with Crippen molar-refractivity contribution in [3.05, 3.63) is 66.6 Å². The van der Waals surface area contributed by atoms with Gasteiger partial charge in [-0.1, -0.05) is 40.2 Å². The number of para-hydroxylation sites is 1. The molecule has 0 unspecified atom stereocenters. The molecule has 0 aliphatic rings. The Morgan fingerprint density at radius 1 is 1.13 bits per heavy atom. The summed E-state index contributed by atoms with van der Waals surface area (Å²) in [5.74, 6) is 0.126. The van der Waals surface area contributed by atoms with E-state index in [4.69, 9.17) is 0 Å². The van der Waals surface area contributed by atoms with Gasteiger partial charge in [0.15, 0.2) is 0 Å². The molecule has 3 rings (SSSR count). The molecule has 0 bridgehead atoms. The van der Waals surface area contributed by atoms with E-state index in [0.717, 1.165) is 28.8 Å². The van der Waals surface area contributed by atoms with Crippen LogP contribution in [0.4, 0.5) is 5.69 Å². The van der Waals surface area contributed by atoms with E-state index in [-0.39, 0.29) is 5.91 Å². The van der Waals surface area contributed by atoms with Crippen LogP contribution in [0.5, 0.6) is 0 Å². The monoisotopic (exact) mass is 371 g/mol. The Hall–Kier alpha value is -2.14. The van der Waals surface area contributed by atoms with Gasteiger partial charge >= 0.3 is 0 Å². The summed E-state index contributed by atoms with van der Waals surface area (Å²) in [5.41, 5.74) is 2.80. The van der Waals surface area contributed by atoms with E-state index in [9.17, 15) is 4.79 Å². The van der Waals surface area contributed by atoms with Gasteiger partial charge in [-0.2, -0.15) is 0 Å². The molecule has 4 nitrogen and oxygen atoms in total. The molecule has 0 saturated carbocycles. The number of carbonyl (C=O) groups is 1. The van der Waals surface area contributed by atoms with Crippen LogP contribution in [0.3, 0.4) is 0 Å². The molecule has 118 valence electrons. The average molecular weight is 372 g/mol. The van der Waals surface area contributed by atoms with Crippen molar-refractivity contribution in [1.29, 1.82) is 0 Å². The Kier molecular flexibility index (Phi) is 5.08. The highest BCUT2D eigenvalue weighted by molar-refractivity contribution is 9.09. The van der Waals surface area contributed by atoms with Crippen molar-refractivity contribution in [2.24, 2.45) is 0 Å². The number of nitrogens with zero attached hydrogens (tertiary/aromatic N) is 3. The number of fused-ring (bicyclic) bond motifs is 1. The van der Waals surface area contributed by atoms with Crippen molar-refractivity contribution in [3.63, 3.8) is 0 Å². The maximum atomic E-state index is 12.6. The second-order valence-corrected chi connectivity index (χ2v) is 6.08. The summed E-state index contributed by atoms with van der Waals surface area (Å²) in [6, 6.07) is 15.7. The van der Waals surface area contributed by atoms with Crippen LogP contribution in [0, 0.1) is 0 Å². The lowest BCUT2D eigenvalue weighted by Gasteiger charge is -2.22. The Bertz CT molecular complexity index is 785. The van der Waals surface area contributed by atoms with Gasteiger partial charge in [0.2, 0.25) is 5.91 Å². The lowest BCUT2D eigenvalue weighted by Crippen LogP contribution is -2.30. The molecule has 0 spiro atoms. The van der Waals surface area contributed by atoms with Crippen molar-refractivity contribution in [2.75, 3.05) is 10.2 Å². The summed E-state index contributed by atoms with van der Waals surface area (Å²) in [7, 11) is 0. The number of imidazole rings is 1. The summed E-state index contributed by atoms with van der Waals surface area (Å²) in [6.07, 6.45) is 5.17. The third-order valence-electron chi connectivity index (χ3n) is 3.71. The number of amides is 1. The van der Waals surface area contributed by atoms with Gasteiger partial charge in [-0.15, -0.1) is 0 Å². The molecule has 0 aliphatic carbocycles. The van der Waals surface area contributed by atoms with E-state index in [1.54, 1.807) is 0 Å². The highest BCUT2D eigenvalue weighted by Crippen LogP contribution is 2.19. The van der Waals surface area contributed by atoms with E-state index in [1.807, 2.05) is 70.2 Å². The molecule has 2 heterocycles. The van der Waals surface area contributed by atoms with E-state index in [2.05, 4.69) is 20.9 Å². The van der Waals surface area contributed by atoms with Gasteiger partial charge in [0.05, 0.1) is 18.4 Å². The number of carbonyl (C=O) groups excluding carboxylic acids is 1. The summed E-state index contributed by atoms with van der Waals surface area (Å²) >= 11 is 3.39. The minimum atomic E-state index is 0.126. The molecule has 0 radical (unpaired) electrons. The first-order valence-electron chi connectivity index (χ1n) is 7.62. The Labute approximate surface area is 143 Å². The van der Waals surface area contributed by atoms with Gasteiger partial charge in [-0.05, 0) is 30.7 Å². The fraction of sp³-hybridized carbons (Fsp3) is 0.222. The Balaban J connectivity index is 1.90. The zero-order valence-electron chi connectivity index (χ0n) is 12.7. The first kappa shape index (κ1) is 15.7. The first-order chi connectivity index (χ1) is 11.3. The summed E-state index contributed by atoms with van der Waals surface area (Å²) in [6.45, 7) is 0.510. The van der Waals surface area contributed by atoms with Crippen LogP contribution >= 0.6 is 15.9 Å². The van der Waals surface area contributed by atoms with Crippen LogP contribution in [0.2, 0.25) is 0 Å². The van der Waals surface area contributed by atoms with Gasteiger partial charge in [0.1, 0.15) is 5.65 Å². The van der Waals surface area contributed by atoms with Crippen molar-refractivity contribution < 1.29 is 4.79 Å². The molecule has 0 aliphatic heterocycles. The lowest BCUT2D eigenvalue weighted by atomic mass is 10.2. The molecule has 1 amide bonds. The van der Waals surface area contributed by atoms with Crippen LogP contribution in [0.15, 0.2) is 60.9 Å². The normalized spacial score (nSPS) is 10.8. The predicted octanol–water partition coefficient (Wildman–Crippen LogP) is 4.04. The molecule has 0 N–H and O–H groups in total. The highest BCUT2D eigenvalue weighted by atomic mass is 79.9. The molecular formula is C18H18BrN3O. The molecule has 0 fully saturated rings. The Morgan fingerprint density at radius 3 is 2.70 bits per heavy atom. The number of pyridine rings is 1. The maximum Gasteiger partial charge on any atom is 0.227 e. The highest BCUT2D eigenvalue weighted by Gasteiger charge is 2.17. The van der Waals surface area contributed by atoms with Crippen LogP contribution in [0.25, 0.3) is 5.65 Å². The largest absolute Gasteiger partial charge is 0.306 e. The van der Waals surface area contributed by atoms with Crippen LogP contribution in [-0.2, 0) is 11.3 Å². The first-order valence-corrected chi connectivity index (χ1v) is 8.74. The topological polar surface area (TPSA) is 37.6 Å². The molecule has 2 aromatic heterocycles. The number of hydrogen-bond acceptors (Lipinski definition) is 2. The second-order valence-electron chi connectivity index (χ2n) is 5.29. The molecular weight excluding hydrogens is 354 g/mol. The number of halogens is 1. The number of aromatic nitrogens is 2. The lowest BCUT2D eigenvalue weighted by molar-refractivity contribution is -0.118. The van der Waals surface area contributed by atoms with Gasteiger partial charge < -0.3 is 9.30 Å². The molecule has 0 saturated heterocycles. The van der Waals surface area contributed by atoms with Crippen LogP contribution < -0.4 is 4.90 Å². The quantitative estimate of drug-likeness (QED) is 0.613. The number of alkyl halides is 1. The van der Waals surface area contributed by atoms with Gasteiger partial charge in [-0.3, -0.25) is 4.79 Å². The van der Waals surface area contributed by atoms with Crippen molar-refractivity contribution >= 4 is 33.2 Å². The minimum Gasteiger partial charge on any atom is -0.306 e. The SMILES string of the molecule is O=C(CCCBr)N(Cc1cnc2ccccn12)c1ccccc1. The average Bonchev–Trinajstić information content (AvgIpc) is 3.01. The predicted molar refractivity (Wildman–Crippen MR) is 95.9 cm³/mol. The van der Waals surface area contributed by atoms with Gasteiger partial charge in [0, 0.05) is 23.6 Å². The minimum absolute atomic E-state index is 0.126. The van der Waals surface area contributed by atoms with E-state index < -0.39 is 0 Å². The van der Waals surface area contributed by atoms with E-state index in [0.29, 0.717) is 13.0 Å². The molecule has 5 heteroatoms. The van der Waals surface area contributed by atoms with Gasteiger partial charge in [0.25, 0.3) is 0 Å². The fourth-order valence-electron chi connectivity index (χ4n) is 2.55. The standard InChI is InChI=1S/C18H18BrN3O/c19-11-6-10-18(23)22(15-7-2-1-3-8-15)14-16-13-20-17-9-4-5-12-21(16)17/h1-5,7-9,12-13H,6,10-11,14H2. The number of anilines is 1. The zero-order chi connectivity index (χ0) is 16.1. The molecule has 1 aromatic carbocycles. The third kappa shape index (κ3) is 3.62. The molecule has 23 heavy (non-hydrogen) atoms. The zero-order valence-corrected chi connectivity index (χ0v) is 14.3. The van der Waals surface area contributed by atoms with Crippen molar-refractivity contribution in [2.45, 2.75) is 19.4 Å². The summed E-state index contributed by atoms with van der Waals surface area (Å²) in [4.78, 5) is 18.9. The number of hydrogen-bond donors (Lipinski definition) is 0. The summed E-state index contributed by atoms with van der Waals surface area (Å²) < 4.78 is 2.02. The third-order valence-corrected chi connectivity index (χ3v) is 4.27. The van der Waals surface area contributed by atoms with Crippen molar-refractivity contribution in [1.82, 2.24) is 9.38 Å². The van der Waals surface area contributed by atoms with Crippen LogP contribution in [0.1, 0.15) is 18.5 Å². The second kappa shape index (κ2) is 7.42. The van der Waals surface area contributed by atoms with Gasteiger partial charge in [-0.25, -0.2) is 4.98 Å². The van der Waals surface area contributed by atoms with E-state index >= 15 is 0 Å². The molecule has 0 atom stereocenters. The fourth-order valence-corrected chi connectivity index (χ4v) is 2.83. The summed E-state index contributed by atoms with van der Waals surface area (Å²) in [5, 5.41) is 0.830. The number of benzene rings is 1. The molecule has 3 aromatic rings. The van der Waals surface area contributed by atoms with E-state index in [1.165, 1.54) is 0 Å². The number of rotatable bonds is 6. The smallest absolute Gasteiger partial charge is 0.227 e.